The highest BCUT2D eigenvalue weighted by Gasteiger charge is 2.07. The Bertz CT molecular complexity index is 631. The molecule has 1 unspecified atom stereocenters. The number of hydrogen-bond acceptors (Lipinski definition) is 2. The standard InChI is InChI=1S/C17H19FN2OS/c1-3-21-16-6-4-5-15(11-16)20-17(22)19-12(2)13-7-9-14(18)10-8-13/h4-12H,3H2,1-2H3,(H2,19,20,22). The third-order valence-corrected chi connectivity index (χ3v) is 3.34. The van der Waals surface area contributed by atoms with E-state index in [9.17, 15) is 4.39 Å². The fourth-order valence-corrected chi connectivity index (χ4v) is 2.32. The lowest BCUT2D eigenvalue weighted by molar-refractivity contribution is 0.340. The summed E-state index contributed by atoms with van der Waals surface area (Å²) in [5, 5.41) is 6.80. The number of anilines is 1. The largest absolute Gasteiger partial charge is 0.494 e. The molecule has 5 heteroatoms. The first-order valence-electron chi connectivity index (χ1n) is 7.14. The van der Waals surface area contributed by atoms with Gasteiger partial charge in [-0.25, -0.2) is 4.39 Å². The van der Waals surface area contributed by atoms with Gasteiger partial charge in [-0.15, -0.1) is 0 Å². The highest BCUT2D eigenvalue weighted by molar-refractivity contribution is 7.80. The van der Waals surface area contributed by atoms with Crippen molar-refractivity contribution in [2.45, 2.75) is 19.9 Å². The fraction of sp³-hybridized carbons (Fsp3) is 0.235. The molecule has 0 radical (unpaired) electrons. The second-order valence-electron chi connectivity index (χ2n) is 4.83. The monoisotopic (exact) mass is 318 g/mol. The van der Waals surface area contributed by atoms with E-state index in [0.717, 1.165) is 17.0 Å². The third-order valence-electron chi connectivity index (χ3n) is 3.12. The smallest absolute Gasteiger partial charge is 0.171 e. The van der Waals surface area contributed by atoms with Crippen LogP contribution in [0.25, 0.3) is 0 Å². The van der Waals surface area contributed by atoms with Gasteiger partial charge in [0.25, 0.3) is 0 Å². The van der Waals surface area contributed by atoms with Crippen LogP contribution in [0, 0.1) is 5.82 Å². The zero-order chi connectivity index (χ0) is 15.9. The van der Waals surface area contributed by atoms with Crippen molar-refractivity contribution >= 4 is 23.0 Å². The van der Waals surface area contributed by atoms with Gasteiger partial charge >= 0.3 is 0 Å². The minimum Gasteiger partial charge on any atom is -0.494 e. The predicted molar refractivity (Wildman–Crippen MR) is 91.8 cm³/mol. The summed E-state index contributed by atoms with van der Waals surface area (Å²) >= 11 is 5.31. The quantitative estimate of drug-likeness (QED) is 0.807. The highest BCUT2D eigenvalue weighted by atomic mass is 32.1. The number of ether oxygens (including phenoxy) is 1. The molecule has 0 amide bonds. The van der Waals surface area contributed by atoms with Crippen molar-refractivity contribution in [1.82, 2.24) is 5.32 Å². The molecule has 2 aromatic carbocycles. The summed E-state index contributed by atoms with van der Waals surface area (Å²) in [5.41, 5.74) is 1.82. The summed E-state index contributed by atoms with van der Waals surface area (Å²) in [6.07, 6.45) is 0. The zero-order valence-corrected chi connectivity index (χ0v) is 13.4. The van der Waals surface area contributed by atoms with Gasteiger partial charge in [-0.3, -0.25) is 0 Å². The van der Waals surface area contributed by atoms with Crippen LogP contribution in [0.5, 0.6) is 5.75 Å². The Morgan fingerprint density at radius 2 is 1.95 bits per heavy atom. The number of rotatable bonds is 5. The lowest BCUT2D eigenvalue weighted by Crippen LogP contribution is -2.30. The first kappa shape index (κ1) is 16.2. The Balaban J connectivity index is 1.94. The number of thiocarbonyl (C=S) groups is 1. The molecule has 1 atom stereocenters. The van der Waals surface area contributed by atoms with Crippen molar-refractivity contribution in [1.29, 1.82) is 0 Å². The fourth-order valence-electron chi connectivity index (χ4n) is 2.03. The van der Waals surface area contributed by atoms with E-state index in [4.69, 9.17) is 17.0 Å². The van der Waals surface area contributed by atoms with E-state index in [1.165, 1.54) is 12.1 Å². The maximum atomic E-state index is 12.9. The highest BCUT2D eigenvalue weighted by Crippen LogP contribution is 2.18. The van der Waals surface area contributed by atoms with E-state index in [2.05, 4.69) is 10.6 Å². The van der Waals surface area contributed by atoms with Crippen LogP contribution in [0.3, 0.4) is 0 Å². The molecule has 0 saturated heterocycles. The first-order valence-corrected chi connectivity index (χ1v) is 7.55. The summed E-state index contributed by atoms with van der Waals surface area (Å²) in [5.74, 6) is 0.547. The van der Waals surface area contributed by atoms with E-state index in [-0.39, 0.29) is 11.9 Å². The van der Waals surface area contributed by atoms with Gasteiger partial charge in [0.2, 0.25) is 0 Å². The normalized spacial score (nSPS) is 11.6. The molecule has 0 aliphatic heterocycles. The van der Waals surface area contributed by atoms with Crippen molar-refractivity contribution in [3.05, 3.63) is 59.9 Å². The zero-order valence-electron chi connectivity index (χ0n) is 12.6. The lowest BCUT2D eigenvalue weighted by atomic mass is 10.1. The topological polar surface area (TPSA) is 33.3 Å². The van der Waals surface area contributed by atoms with Gasteiger partial charge in [0.15, 0.2) is 5.11 Å². The van der Waals surface area contributed by atoms with Crippen LogP contribution >= 0.6 is 12.2 Å². The van der Waals surface area contributed by atoms with Crippen LogP contribution in [0.1, 0.15) is 25.5 Å². The minimum atomic E-state index is -0.246. The van der Waals surface area contributed by atoms with Crippen molar-refractivity contribution in [2.75, 3.05) is 11.9 Å². The van der Waals surface area contributed by atoms with Gasteiger partial charge in [-0.2, -0.15) is 0 Å². The number of nitrogens with one attached hydrogen (secondary N) is 2. The summed E-state index contributed by atoms with van der Waals surface area (Å²) in [6.45, 7) is 4.53. The molecule has 0 aromatic heterocycles. The van der Waals surface area contributed by atoms with Crippen molar-refractivity contribution in [3.8, 4) is 5.75 Å². The molecule has 2 rings (SSSR count). The second-order valence-corrected chi connectivity index (χ2v) is 5.24. The van der Waals surface area contributed by atoms with Crippen molar-refractivity contribution in [2.24, 2.45) is 0 Å². The molecule has 22 heavy (non-hydrogen) atoms. The summed E-state index contributed by atoms with van der Waals surface area (Å²) < 4.78 is 18.4. The number of halogens is 1. The Hall–Kier alpha value is -2.14. The molecule has 0 aliphatic carbocycles. The first-order chi connectivity index (χ1) is 10.6. The maximum absolute atomic E-state index is 12.9. The predicted octanol–water partition coefficient (Wildman–Crippen LogP) is 4.27. The van der Waals surface area contributed by atoms with Gasteiger partial charge in [-0.1, -0.05) is 18.2 Å². The summed E-state index contributed by atoms with van der Waals surface area (Å²) in [4.78, 5) is 0. The molecule has 0 saturated carbocycles. The average molecular weight is 318 g/mol. The van der Waals surface area contributed by atoms with E-state index < -0.39 is 0 Å². The van der Waals surface area contributed by atoms with Gasteiger partial charge in [0.05, 0.1) is 12.6 Å². The van der Waals surface area contributed by atoms with Crippen LogP contribution in [0.15, 0.2) is 48.5 Å². The molecule has 0 fully saturated rings. The lowest BCUT2D eigenvalue weighted by Gasteiger charge is -2.17. The van der Waals surface area contributed by atoms with Gasteiger partial charge < -0.3 is 15.4 Å². The Morgan fingerprint density at radius 1 is 1.23 bits per heavy atom. The Labute approximate surface area is 135 Å². The third kappa shape index (κ3) is 4.70. The molecular weight excluding hydrogens is 299 g/mol. The Morgan fingerprint density at radius 3 is 2.64 bits per heavy atom. The molecule has 116 valence electrons. The van der Waals surface area contributed by atoms with Crippen LogP contribution in [0.4, 0.5) is 10.1 Å². The molecule has 2 aromatic rings. The summed E-state index contributed by atoms with van der Waals surface area (Å²) in [7, 11) is 0. The molecule has 2 N–H and O–H groups in total. The van der Waals surface area contributed by atoms with Gasteiger partial charge in [-0.05, 0) is 55.9 Å². The molecule has 3 nitrogen and oxygen atoms in total. The molecule has 0 aliphatic rings. The van der Waals surface area contributed by atoms with Crippen LogP contribution in [-0.2, 0) is 0 Å². The number of hydrogen-bond donors (Lipinski definition) is 2. The SMILES string of the molecule is CCOc1cccc(NC(=S)NC(C)c2ccc(F)cc2)c1. The van der Waals surface area contributed by atoms with Crippen LogP contribution in [-0.4, -0.2) is 11.7 Å². The summed E-state index contributed by atoms with van der Waals surface area (Å²) in [6, 6.07) is 13.9. The molecular formula is C17H19FN2OS. The Kier molecular flexibility index (Phi) is 5.72. The van der Waals surface area contributed by atoms with E-state index in [1.807, 2.05) is 38.1 Å². The van der Waals surface area contributed by atoms with E-state index in [1.54, 1.807) is 12.1 Å². The van der Waals surface area contributed by atoms with Crippen molar-refractivity contribution < 1.29 is 9.13 Å². The molecule has 0 heterocycles. The minimum absolute atomic E-state index is 0.0179. The van der Waals surface area contributed by atoms with Crippen LogP contribution in [0.2, 0.25) is 0 Å². The van der Waals surface area contributed by atoms with Crippen LogP contribution < -0.4 is 15.4 Å². The molecule has 0 spiro atoms. The van der Waals surface area contributed by atoms with Gasteiger partial charge in [0.1, 0.15) is 11.6 Å². The van der Waals surface area contributed by atoms with E-state index >= 15 is 0 Å². The second kappa shape index (κ2) is 7.75. The maximum Gasteiger partial charge on any atom is 0.171 e. The van der Waals surface area contributed by atoms with Crippen molar-refractivity contribution in [3.63, 3.8) is 0 Å². The van der Waals surface area contributed by atoms with Gasteiger partial charge in [0, 0.05) is 11.8 Å². The van der Waals surface area contributed by atoms with E-state index in [0.29, 0.717) is 11.7 Å². The number of benzene rings is 2. The molecule has 0 bridgehead atoms. The average Bonchev–Trinajstić information content (AvgIpc) is 2.48.